The van der Waals surface area contributed by atoms with Gasteiger partial charge in [0, 0.05) is 34.6 Å². The van der Waals surface area contributed by atoms with E-state index in [9.17, 15) is 0 Å². The van der Waals surface area contributed by atoms with Gasteiger partial charge in [0.25, 0.3) is 0 Å². The topological polar surface area (TPSA) is 42.8 Å². The molecule has 18 rings (SSSR count). The minimum absolute atomic E-state index is 0. The summed E-state index contributed by atoms with van der Waals surface area (Å²) in [6.07, 6.45) is 26.1. The number of thiophene rings is 1. The van der Waals surface area contributed by atoms with Crippen molar-refractivity contribution in [3.63, 3.8) is 0 Å². The monoisotopic (exact) mass is 1470 g/mol. The number of nitrogens with zero attached hydrogens (tertiary/aromatic N) is 3. The van der Waals surface area contributed by atoms with Crippen LogP contribution in [0.4, 0.5) is 5.69 Å². The number of furan rings is 1. The molecule has 4 aromatic heterocycles. The number of hydrogen-bond acceptors (Lipinski definition) is 4. The van der Waals surface area contributed by atoms with Crippen LogP contribution in [0.25, 0.3) is 37.3 Å². The number of para-hydroxylation sites is 2. The molecule has 11 aromatic rings. The van der Waals surface area contributed by atoms with Crippen LogP contribution in [0.2, 0.25) is 0 Å². The van der Waals surface area contributed by atoms with Crippen molar-refractivity contribution in [3.05, 3.63) is 273 Å². The molecule has 0 atom stereocenters. The number of rotatable bonds is 1. The van der Waals surface area contributed by atoms with Gasteiger partial charge in [-0.2, -0.15) is 5.10 Å². The summed E-state index contributed by atoms with van der Waals surface area (Å²) in [6.45, 7) is 47.9. The fourth-order valence-electron chi connectivity index (χ4n) is 9.39. The summed E-state index contributed by atoms with van der Waals surface area (Å²) in [7, 11) is 0. The summed E-state index contributed by atoms with van der Waals surface area (Å²) in [5, 5.41) is 11.3. The second-order valence-corrected chi connectivity index (χ2v) is 33.8. The number of aliphatic imine (C=N–C) groups is 1. The zero-order chi connectivity index (χ0) is 74.9. The Labute approximate surface area is 653 Å². The third kappa shape index (κ3) is 53.9. The zero-order valence-corrected chi connectivity index (χ0v) is 71.9. The zero-order valence-electron chi connectivity index (χ0n) is 69.9. The fraction of sp³-hybridized carbons (Fsp3) is 0.449. The van der Waals surface area contributed by atoms with Crippen molar-refractivity contribution in [2.75, 3.05) is 0 Å². The Balaban J connectivity index is 0. The molecule has 0 unspecified atom stereocenters. The minimum atomic E-state index is 0. The largest absolute Gasteiger partial charge is 2.00 e. The average molecular weight is 1470 g/mol. The molecule has 572 valence electrons. The molecule has 2 fully saturated rings. The first-order chi connectivity index (χ1) is 48.0. The molecule has 7 aliphatic rings. The van der Waals surface area contributed by atoms with Gasteiger partial charge in [0.1, 0.15) is 5.58 Å². The molecule has 4 bridgehead atoms. The molecule has 0 N–H and O–H groups in total. The SMILES string of the molecule is C1CCCC1.C1CCCC1.CC(C)(C)C.CC(C)(C)C.CC(C)C.CC(C)C.CC(C)C.CC(C)C.CC(C)C1=Nc2ccccc2C1.[CH3-].[CH3-].[Fe+2].c1cc2ccc1CCc1ccc(cc1)CC2.c1ccc2ccccc2c1.c1ccc2occc2c1.c1ccc2sccc2c1.c1ccn2nccc2c1. The van der Waals surface area contributed by atoms with Crippen molar-refractivity contribution < 1.29 is 21.5 Å². The van der Waals surface area contributed by atoms with E-state index < -0.39 is 0 Å². The molecule has 0 amide bonds. The Morgan fingerprint density at radius 2 is 0.712 bits per heavy atom. The third-order valence-corrected chi connectivity index (χ3v) is 14.8. The summed E-state index contributed by atoms with van der Waals surface area (Å²) >= 11 is 1.79. The molecule has 1 aliphatic heterocycles. The second-order valence-electron chi connectivity index (χ2n) is 32.8. The molecule has 6 aliphatic carbocycles. The summed E-state index contributed by atoms with van der Waals surface area (Å²) < 4.78 is 8.32. The Hall–Kier alpha value is -6.82. The molecule has 5 heterocycles. The first-order valence-electron chi connectivity index (χ1n) is 38.4. The maximum absolute atomic E-state index is 5.12. The number of aromatic nitrogens is 2. The fourth-order valence-corrected chi connectivity index (χ4v) is 10.2. The van der Waals surface area contributed by atoms with E-state index >= 15 is 0 Å². The third-order valence-electron chi connectivity index (χ3n) is 13.9. The van der Waals surface area contributed by atoms with Crippen LogP contribution in [0, 0.1) is 55.3 Å². The van der Waals surface area contributed by atoms with Gasteiger partial charge in [-0.15, -0.1) is 11.3 Å². The predicted molar refractivity (Wildman–Crippen MR) is 468 cm³/mol. The summed E-state index contributed by atoms with van der Waals surface area (Å²) in [5.41, 5.74) is 12.8. The second kappa shape index (κ2) is 58.4. The first kappa shape index (κ1) is 99.2. The quantitative estimate of drug-likeness (QED) is 0.121. The van der Waals surface area contributed by atoms with Gasteiger partial charge in [0.05, 0.1) is 17.5 Å². The Morgan fingerprint density at radius 1 is 0.375 bits per heavy atom. The molecule has 4 nitrogen and oxygen atoms in total. The molecule has 2 saturated carbocycles. The molecular formula is C98H145FeN3OS. The van der Waals surface area contributed by atoms with E-state index in [0.29, 0.717) is 16.7 Å². The summed E-state index contributed by atoms with van der Waals surface area (Å²) in [4.78, 5) is 4.57. The van der Waals surface area contributed by atoms with Crippen molar-refractivity contribution in [2.24, 2.45) is 45.4 Å². The molecule has 0 radical (unpaired) electrons. The number of pyridine rings is 1. The Bertz CT molecular complexity index is 3290. The maximum atomic E-state index is 5.12. The van der Waals surface area contributed by atoms with E-state index in [2.05, 4.69) is 313 Å². The average Bonchev–Trinajstić information content (AvgIpc) is 1.69. The van der Waals surface area contributed by atoms with Crippen molar-refractivity contribution in [1.82, 2.24) is 9.61 Å². The van der Waals surface area contributed by atoms with Crippen LogP contribution in [0.15, 0.2) is 240 Å². The summed E-state index contributed by atoms with van der Waals surface area (Å²) in [6, 6.07) is 71.7. The van der Waals surface area contributed by atoms with Crippen LogP contribution in [0.5, 0.6) is 0 Å². The van der Waals surface area contributed by atoms with Crippen molar-refractivity contribution in [3.8, 4) is 0 Å². The molecular weight excluding hydrogens is 1320 g/mol. The number of benzene rings is 7. The number of hydrogen-bond donors (Lipinski definition) is 0. The van der Waals surface area contributed by atoms with Crippen molar-refractivity contribution >= 4 is 60.1 Å². The van der Waals surface area contributed by atoms with Crippen LogP contribution < -0.4 is 0 Å². The smallest absolute Gasteiger partial charge is 0.464 e. The maximum Gasteiger partial charge on any atom is 2.00 e. The van der Waals surface area contributed by atoms with Crippen LogP contribution in [-0.4, -0.2) is 15.3 Å². The van der Waals surface area contributed by atoms with E-state index in [1.165, 1.54) is 124 Å². The van der Waals surface area contributed by atoms with Crippen LogP contribution >= 0.6 is 11.3 Å². The van der Waals surface area contributed by atoms with Gasteiger partial charge >= 0.3 is 17.1 Å². The minimum Gasteiger partial charge on any atom is -0.464 e. The van der Waals surface area contributed by atoms with Gasteiger partial charge in [-0.25, -0.2) is 4.52 Å². The van der Waals surface area contributed by atoms with Crippen molar-refractivity contribution in [1.29, 1.82) is 0 Å². The van der Waals surface area contributed by atoms with E-state index in [0.717, 1.165) is 72.3 Å². The van der Waals surface area contributed by atoms with Gasteiger partial charge in [-0.1, -0.05) is 374 Å². The van der Waals surface area contributed by atoms with Gasteiger partial charge in [0.15, 0.2) is 0 Å². The van der Waals surface area contributed by atoms with Crippen LogP contribution in [0.3, 0.4) is 0 Å². The van der Waals surface area contributed by atoms with Crippen LogP contribution in [0.1, 0.15) is 244 Å². The van der Waals surface area contributed by atoms with Gasteiger partial charge in [-0.05, 0) is 164 Å². The van der Waals surface area contributed by atoms with Gasteiger partial charge in [-0.3, -0.25) is 4.99 Å². The van der Waals surface area contributed by atoms with Gasteiger partial charge < -0.3 is 19.3 Å². The Morgan fingerprint density at radius 3 is 1.07 bits per heavy atom. The molecule has 6 heteroatoms. The predicted octanol–water partition coefficient (Wildman–Crippen LogP) is 31.6. The molecule has 0 spiro atoms. The van der Waals surface area contributed by atoms with E-state index in [1.807, 2.05) is 71.4 Å². The standard InChI is InChI=1S/C16H16.C11H13N.C10H8.C8H6O.C8H6S.C7H6N2.2C5H10.2C5H12.4C4H10.2CH3.Fe/c1-2-14-4-3-13(1)9-10-15-5-7-16(8-6-15)12-11-14;1-8(2)11-7-9-5-3-4-6-10(9)12-11;1-2-6-10-8-4-3-7-9(10)5-1;2*1-2-4-8-7(3-1)5-6-9-8;1-2-6-9-7(3-1)4-5-8-9;2*1-2-4-5-3-1;2*1-5(2,3)4;4*1-4(2)3;;;/h1-8H,9-12H2;3-6,8H,7H2,1-2H3;1-8H;3*1-6H;2*1-5H2;2*1-4H3;4*4H,1-3H3;2*1H3;/q;;;;;;;;;;;;;;2*-1;+2. The first-order valence-corrected chi connectivity index (χ1v) is 39.3. The molecule has 104 heavy (non-hydrogen) atoms. The Kier molecular flexibility index (Phi) is 55.7. The van der Waals surface area contributed by atoms with E-state index in [4.69, 9.17) is 4.42 Å². The van der Waals surface area contributed by atoms with Gasteiger partial charge in [0.2, 0.25) is 0 Å². The van der Waals surface area contributed by atoms with E-state index in [1.54, 1.807) is 23.8 Å². The van der Waals surface area contributed by atoms with E-state index in [-0.39, 0.29) is 31.9 Å². The normalized spacial score (nSPS) is 12.4. The van der Waals surface area contributed by atoms with Crippen molar-refractivity contribution in [2.45, 2.75) is 249 Å². The number of aryl methyl sites for hydroxylation is 4. The van der Waals surface area contributed by atoms with Crippen LogP contribution in [-0.2, 0) is 49.2 Å². The molecule has 0 saturated heterocycles. The molecule has 7 aromatic carbocycles. The number of fused-ring (bicyclic) bond motifs is 5. The summed E-state index contributed by atoms with van der Waals surface area (Å²) in [5.74, 6) is 3.91.